The molecule has 0 aromatic heterocycles. The van der Waals surface area contributed by atoms with Gasteiger partial charge in [-0.2, -0.15) is 0 Å². The van der Waals surface area contributed by atoms with Crippen LogP contribution in [0.1, 0.15) is 18.5 Å². The van der Waals surface area contributed by atoms with Gasteiger partial charge in [0.2, 0.25) is 0 Å². The van der Waals surface area contributed by atoms with Crippen LogP contribution >= 0.6 is 12.2 Å². The van der Waals surface area contributed by atoms with E-state index in [1.54, 1.807) is 11.0 Å². The maximum atomic E-state index is 12.1. The summed E-state index contributed by atoms with van der Waals surface area (Å²) >= 11 is 5.29. The van der Waals surface area contributed by atoms with Gasteiger partial charge in [0.1, 0.15) is 0 Å². The summed E-state index contributed by atoms with van der Waals surface area (Å²) in [5, 5.41) is 3.71. The lowest BCUT2D eigenvalue weighted by atomic mass is 9.95. The summed E-state index contributed by atoms with van der Waals surface area (Å²) in [6.07, 6.45) is 0. The number of methoxy groups -OCH3 is 1. The summed E-state index contributed by atoms with van der Waals surface area (Å²) in [7, 11) is 3.18. The monoisotopic (exact) mass is 291 g/mol. The van der Waals surface area contributed by atoms with Crippen LogP contribution in [-0.4, -0.2) is 30.1 Å². The van der Waals surface area contributed by atoms with E-state index in [4.69, 9.17) is 22.7 Å². The minimum atomic E-state index is -0.378. The Kier molecular flexibility index (Phi) is 3.94. The van der Waals surface area contributed by atoms with E-state index in [9.17, 15) is 4.79 Å². The Balaban J connectivity index is 2.55. The number of hydrogen-bond acceptors (Lipinski definition) is 4. The quantitative estimate of drug-likeness (QED) is 0.490. The molecule has 0 radical (unpaired) electrons. The Morgan fingerprint density at radius 2 is 2.20 bits per heavy atom. The van der Waals surface area contributed by atoms with Gasteiger partial charge in [-0.1, -0.05) is 12.1 Å². The molecule has 2 rings (SSSR count). The number of allylic oxidation sites excluding steroid dienone is 1. The molecule has 1 aliphatic heterocycles. The van der Waals surface area contributed by atoms with Crippen LogP contribution in [0.25, 0.3) is 0 Å². The molecule has 0 amide bonds. The first kappa shape index (κ1) is 14.3. The van der Waals surface area contributed by atoms with E-state index in [2.05, 4.69) is 5.32 Å². The fraction of sp³-hybridized carbons (Fsp3) is 0.286. The van der Waals surface area contributed by atoms with Crippen molar-refractivity contribution in [2.24, 2.45) is 0 Å². The van der Waals surface area contributed by atoms with Crippen LogP contribution in [0.15, 0.2) is 35.5 Å². The summed E-state index contributed by atoms with van der Waals surface area (Å²) in [4.78, 5) is 13.8. The highest BCUT2D eigenvalue weighted by molar-refractivity contribution is 7.80. The molecule has 0 saturated heterocycles. The van der Waals surface area contributed by atoms with E-state index in [-0.39, 0.29) is 12.0 Å². The van der Waals surface area contributed by atoms with Crippen molar-refractivity contribution in [2.75, 3.05) is 19.9 Å². The molecule has 0 unspecified atom stereocenters. The lowest BCUT2D eigenvalue weighted by Gasteiger charge is -2.35. The number of hydrogen-bond donors (Lipinski definition) is 2. The summed E-state index contributed by atoms with van der Waals surface area (Å²) in [5.41, 5.74) is 8.63. The number of nitrogens with zero attached hydrogens (tertiary/aromatic N) is 1. The molecule has 0 bridgehead atoms. The van der Waals surface area contributed by atoms with E-state index >= 15 is 0 Å². The first-order valence-electron chi connectivity index (χ1n) is 6.14. The molecule has 3 N–H and O–H groups in total. The number of benzene rings is 1. The fourth-order valence-electron chi connectivity index (χ4n) is 2.20. The number of rotatable bonds is 2. The maximum Gasteiger partial charge on any atom is 0.337 e. The second-order valence-electron chi connectivity index (χ2n) is 4.60. The molecule has 1 aliphatic rings. The van der Waals surface area contributed by atoms with Crippen molar-refractivity contribution < 1.29 is 9.53 Å². The molecule has 1 atom stereocenters. The minimum Gasteiger partial charge on any atom is -0.466 e. The number of carbonyl (C=O) groups excluding carboxylic acids is 1. The highest BCUT2D eigenvalue weighted by Gasteiger charge is 2.33. The molecular formula is C14H17N3O2S. The number of nitrogen functional groups attached to an aromatic ring is 1. The molecule has 0 spiro atoms. The molecule has 0 fully saturated rings. The topological polar surface area (TPSA) is 67.6 Å². The zero-order chi connectivity index (χ0) is 14.9. The Labute approximate surface area is 123 Å². The third kappa shape index (κ3) is 2.46. The minimum absolute atomic E-state index is 0.352. The van der Waals surface area contributed by atoms with Crippen molar-refractivity contribution in [1.82, 2.24) is 10.2 Å². The van der Waals surface area contributed by atoms with Crippen molar-refractivity contribution in [1.29, 1.82) is 0 Å². The zero-order valence-corrected chi connectivity index (χ0v) is 12.5. The van der Waals surface area contributed by atoms with Crippen LogP contribution in [0.2, 0.25) is 0 Å². The first-order valence-corrected chi connectivity index (χ1v) is 6.55. The van der Waals surface area contributed by atoms with Gasteiger partial charge in [0.25, 0.3) is 0 Å². The van der Waals surface area contributed by atoms with Gasteiger partial charge in [0, 0.05) is 18.4 Å². The van der Waals surface area contributed by atoms with Gasteiger partial charge in [-0.15, -0.1) is 0 Å². The lowest BCUT2D eigenvalue weighted by Crippen LogP contribution is -2.46. The molecular weight excluding hydrogens is 274 g/mol. The number of anilines is 1. The van der Waals surface area contributed by atoms with Crippen molar-refractivity contribution in [3.05, 3.63) is 41.1 Å². The van der Waals surface area contributed by atoms with Gasteiger partial charge in [-0.05, 0) is 36.8 Å². The highest BCUT2D eigenvalue weighted by Crippen LogP contribution is 2.31. The largest absolute Gasteiger partial charge is 0.466 e. The van der Waals surface area contributed by atoms with Crippen LogP contribution in [0, 0.1) is 0 Å². The molecule has 1 aromatic carbocycles. The van der Waals surface area contributed by atoms with Crippen molar-refractivity contribution in [2.45, 2.75) is 13.0 Å². The predicted molar refractivity (Wildman–Crippen MR) is 81.8 cm³/mol. The van der Waals surface area contributed by atoms with Gasteiger partial charge >= 0.3 is 5.97 Å². The van der Waals surface area contributed by atoms with Gasteiger partial charge < -0.3 is 20.7 Å². The maximum absolute atomic E-state index is 12.1. The SMILES string of the molecule is COC(=O)C1=C(C)N(C)C(=S)N[C@H]1c1cccc(N)c1. The van der Waals surface area contributed by atoms with Gasteiger partial charge in [0.05, 0.1) is 18.7 Å². The van der Waals surface area contributed by atoms with E-state index in [1.807, 2.05) is 32.2 Å². The summed E-state index contributed by atoms with van der Waals surface area (Å²) in [6, 6.07) is 7.01. The normalized spacial score (nSPS) is 18.9. The number of thiocarbonyl (C=S) groups is 1. The Hall–Kier alpha value is -2.08. The molecule has 0 saturated carbocycles. The number of nitrogens with two attached hydrogens (primary N) is 1. The summed E-state index contributed by atoms with van der Waals surface area (Å²) in [6.45, 7) is 1.85. The van der Waals surface area contributed by atoms with Gasteiger partial charge in [-0.3, -0.25) is 0 Å². The highest BCUT2D eigenvalue weighted by atomic mass is 32.1. The van der Waals surface area contributed by atoms with E-state index in [0.717, 1.165) is 11.3 Å². The Bertz CT molecular complexity index is 598. The second-order valence-corrected chi connectivity index (χ2v) is 4.99. The lowest BCUT2D eigenvalue weighted by molar-refractivity contribution is -0.136. The smallest absolute Gasteiger partial charge is 0.337 e. The third-order valence-corrected chi connectivity index (χ3v) is 3.80. The summed E-state index contributed by atoms with van der Waals surface area (Å²) < 4.78 is 4.89. The molecule has 6 heteroatoms. The van der Waals surface area contributed by atoms with Crippen molar-refractivity contribution in [3.63, 3.8) is 0 Å². The van der Waals surface area contributed by atoms with Gasteiger partial charge in [-0.25, -0.2) is 4.79 Å². The van der Waals surface area contributed by atoms with Crippen LogP contribution in [-0.2, 0) is 9.53 Å². The van der Waals surface area contributed by atoms with E-state index in [1.165, 1.54) is 7.11 Å². The molecule has 1 heterocycles. The third-order valence-electron chi connectivity index (χ3n) is 3.40. The van der Waals surface area contributed by atoms with E-state index in [0.29, 0.717) is 16.4 Å². The van der Waals surface area contributed by atoms with E-state index < -0.39 is 0 Å². The fourth-order valence-corrected chi connectivity index (χ4v) is 2.45. The van der Waals surface area contributed by atoms with Crippen LogP contribution in [0.4, 0.5) is 5.69 Å². The van der Waals surface area contributed by atoms with Crippen molar-refractivity contribution in [3.8, 4) is 0 Å². The molecule has 1 aromatic rings. The molecule has 0 aliphatic carbocycles. The molecule has 106 valence electrons. The van der Waals surface area contributed by atoms with Crippen LogP contribution in [0.5, 0.6) is 0 Å². The average Bonchev–Trinajstić information content (AvgIpc) is 2.43. The Morgan fingerprint density at radius 3 is 2.80 bits per heavy atom. The zero-order valence-electron chi connectivity index (χ0n) is 11.6. The second kappa shape index (κ2) is 5.50. The average molecular weight is 291 g/mol. The summed E-state index contributed by atoms with van der Waals surface area (Å²) in [5.74, 6) is -0.378. The Morgan fingerprint density at radius 1 is 1.50 bits per heavy atom. The van der Waals surface area contributed by atoms with Crippen LogP contribution < -0.4 is 11.1 Å². The number of ether oxygens (including phenoxy) is 1. The predicted octanol–water partition coefficient (Wildman–Crippen LogP) is 1.58. The first-order chi connectivity index (χ1) is 9.45. The van der Waals surface area contributed by atoms with Crippen LogP contribution in [0.3, 0.4) is 0 Å². The number of esters is 1. The van der Waals surface area contributed by atoms with Gasteiger partial charge in [0.15, 0.2) is 5.11 Å². The standard InChI is InChI=1S/C14H17N3O2S/c1-8-11(13(18)19-3)12(16-14(20)17(8)2)9-5-4-6-10(15)7-9/h4-7,12H,15H2,1-3H3,(H,16,20)/t12-/m0/s1. The molecule has 5 nitrogen and oxygen atoms in total. The number of nitrogens with one attached hydrogen (secondary N) is 1. The molecule has 20 heavy (non-hydrogen) atoms. The number of carbonyl (C=O) groups is 1. The van der Waals surface area contributed by atoms with Crippen molar-refractivity contribution >= 4 is 29.0 Å².